The molecule has 5 heteroatoms. The van der Waals surface area contributed by atoms with Crippen molar-refractivity contribution in [2.75, 3.05) is 0 Å². The van der Waals surface area contributed by atoms with Crippen molar-refractivity contribution in [1.82, 2.24) is 0 Å². The Labute approximate surface area is 77.1 Å². The minimum atomic E-state index is -3.21. The number of carbonyl (C=O) groups excluding carboxylic acids is 1. The molecule has 0 saturated carbocycles. The van der Waals surface area contributed by atoms with Crippen LogP contribution < -0.4 is 0 Å². The molecule has 0 aliphatic heterocycles. The van der Waals surface area contributed by atoms with Crippen molar-refractivity contribution >= 4 is 17.4 Å². The van der Waals surface area contributed by atoms with Gasteiger partial charge in [-0.05, 0) is 18.2 Å². The van der Waals surface area contributed by atoms with Crippen molar-refractivity contribution in [3.63, 3.8) is 0 Å². The van der Waals surface area contributed by atoms with E-state index in [0.717, 1.165) is 12.1 Å². The van der Waals surface area contributed by atoms with Crippen LogP contribution in [0.5, 0.6) is 0 Å². The zero-order chi connectivity index (χ0) is 10.0. The molecule has 0 atom stereocenters. The van der Waals surface area contributed by atoms with Crippen molar-refractivity contribution in [2.24, 2.45) is 0 Å². The maximum Gasteiger partial charge on any atom is 0.300 e. The summed E-state index contributed by atoms with van der Waals surface area (Å²) in [5.74, 6) is -2.55. The third-order valence-electron chi connectivity index (χ3n) is 1.39. The molecule has 0 fully saturated rings. The number of ketones is 1. The minimum Gasteiger partial charge on any atom is -0.288 e. The molecule has 13 heavy (non-hydrogen) atoms. The molecule has 1 nitrogen and oxygen atoms in total. The van der Waals surface area contributed by atoms with Gasteiger partial charge in [-0.15, -0.1) is 0 Å². The highest BCUT2D eigenvalue weighted by molar-refractivity contribution is 6.31. The summed E-state index contributed by atoms with van der Waals surface area (Å²) < 4.78 is 36.5. The first kappa shape index (κ1) is 10.1. The second kappa shape index (κ2) is 3.79. The highest BCUT2D eigenvalue weighted by Gasteiger charge is 2.21. The molecule has 0 amide bonds. The maximum atomic E-state index is 12.8. The molecule has 0 heterocycles. The second-order valence-electron chi connectivity index (χ2n) is 2.29. The first-order valence-electron chi connectivity index (χ1n) is 3.30. The summed E-state index contributed by atoms with van der Waals surface area (Å²) in [4.78, 5) is 10.7. The molecule has 1 aromatic carbocycles. The Morgan fingerprint density at radius 2 is 2.00 bits per heavy atom. The maximum absolute atomic E-state index is 12.8. The number of hydrogen-bond acceptors (Lipinski definition) is 1. The highest BCUT2D eigenvalue weighted by atomic mass is 35.5. The number of rotatable bonds is 2. The summed E-state index contributed by atoms with van der Waals surface area (Å²) in [7, 11) is 0. The fourth-order valence-electron chi connectivity index (χ4n) is 0.804. The predicted octanol–water partition coefficient (Wildman–Crippen LogP) is 2.93. The lowest BCUT2D eigenvalue weighted by atomic mass is 10.1. The lowest BCUT2D eigenvalue weighted by molar-refractivity contribution is 0.0674. The molecule has 0 radical (unpaired) electrons. The highest BCUT2D eigenvalue weighted by Crippen LogP contribution is 2.17. The van der Waals surface area contributed by atoms with Gasteiger partial charge in [-0.2, -0.15) is 0 Å². The van der Waals surface area contributed by atoms with Gasteiger partial charge in [-0.1, -0.05) is 11.6 Å². The quantitative estimate of drug-likeness (QED) is 0.683. The van der Waals surface area contributed by atoms with Crippen LogP contribution in [0.4, 0.5) is 13.2 Å². The van der Waals surface area contributed by atoms with E-state index in [0.29, 0.717) is 0 Å². The Balaban J connectivity index is 3.13. The molecule has 0 unspecified atom stereocenters. The summed E-state index contributed by atoms with van der Waals surface area (Å²) in [6.45, 7) is 0. The average Bonchev–Trinajstić information content (AvgIpc) is 2.08. The lowest BCUT2D eigenvalue weighted by Gasteiger charge is -2.01. The van der Waals surface area contributed by atoms with E-state index in [-0.39, 0.29) is 5.02 Å². The van der Waals surface area contributed by atoms with Crippen LogP contribution in [0, 0.1) is 5.82 Å². The van der Waals surface area contributed by atoms with Crippen molar-refractivity contribution < 1.29 is 18.0 Å². The smallest absolute Gasteiger partial charge is 0.288 e. The zero-order valence-corrected chi connectivity index (χ0v) is 6.99. The van der Waals surface area contributed by atoms with Gasteiger partial charge in [-0.3, -0.25) is 4.79 Å². The molecule has 0 spiro atoms. The lowest BCUT2D eigenvalue weighted by Crippen LogP contribution is -2.12. The molecule has 0 aliphatic rings. The van der Waals surface area contributed by atoms with Crippen molar-refractivity contribution in [3.05, 3.63) is 34.6 Å². The number of alkyl halides is 2. The number of halogens is 4. The minimum absolute atomic E-state index is 0.0467. The van der Waals surface area contributed by atoms with Gasteiger partial charge in [0.25, 0.3) is 0 Å². The molecular formula is C8H4ClF3O. The third kappa shape index (κ3) is 2.21. The molecule has 70 valence electrons. The van der Waals surface area contributed by atoms with Crippen LogP contribution >= 0.6 is 11.6 Å². The van der Waals surface area contributed by atoms with Gasteiger partial charge in [0, 0.05) is 5.02 Å². The van der Waals surface area contributed by atoms with Crippen molar-refractivity contribution in [2.45, 2.75) is 6.43 Å². The standard InChI is InChI=1S/C8H4ClF3O/c9-4-1-2-6(10)5(3-4)7(13)8(11)12/h1-3,8H. The molecule has 0 saturated heterocycles. The zero-order valence-electron chi connectivity index (χ0n) is 6.23. The summed E-state index contributed by atoms with van der Waals surface area (Å²) >= 11 is 5.40. The van der Waals surface area contributed by atoms with Crippen LogP contribution in [0.2, 0.25) is 5.02 Å². The van der Waals surface area contributed by atoms with E-state index in [1.807, 2.05) is 0 Å². The summed E-state index contributed by atoms with van der Waals surface area (Å²) in [6.07, 6.45) is -3.21. The number of Topliss-reactive ketones (excluding diaryl/α,β-unsaturated/α-hetero) is 1. The van der Waals surface area contributed by atoms with Crippen molar-refractivity contribution in [3.8, 4) is 0 Å². The number of carbonyl (C=O) groups is 1. The summed E-state index contributed by atoms with van der Waals surface area (Å²) in [5, 5.41) is 0.0467. The van der Waals surface area contributed by atoms with E-state index < -0.39 is 23.6 Å². The van der Waals surface area contributed by atoms with Crippen LogP contribution in [0.1, 0.15) is 10.4 Å². The van der Waals surface area contributed by atoms with Crippen LogP contribution in [0.25, 0.3) is 0 Å². The van der Waals surface area contributed by atoms with Crippen LogP contribution in [-0.4, -0.2) is 12.2 Å². The van der Waals surface area contributed by atoms with Crippen molar-refractivity contribution in [1.29, 1.82) is 0 Å². The Bertz CT molecular complexity index is 338. The Morgan fingerprint density at radius 1 is 1.38 bits per heavy atom. The molecule has 0 aromatic heterocycles. The predicted molar refractivity (Wildman–Crippen MR) is 41.7 cm³/mol. The molecule has 0 N–H and O–H groups in total. The van der Waals surface area contributed by atoms with E-state index in [2.05, 4.69) is 0 Å². The van der Waals surface area contributed by atoms with E-state index >= 15 is 0 Å². The number of hydrogen-bond donors (Lipinski definition) is 0. The summed E-state index contributed by atoms with van der Waals surface area (Å²) in [5.41, 5.74) is -0.678. The normalized spacial score (nSPS) is 10.5. The van der Waals surface area contributed by atoms with Crippen LogP contribution in [0.3, 0.4) is 0 Å². The molecule has 0 aliphatic carbocycles. The summed E-state index contributed by atoms with van der Waals surface area (Å²) in [6, 6.07) is 2.93. The Hall–Kier alpha value is -1.03. The molecule has 1 aromatic rings. The van der Waals surface area contributed by atoms with Gasteiger partial charge < -0.3 is 0 Å². The monoisotopic (exact) mass is 208 g/mol. The van der Waals surface area contributed by atoms with Gasteiger partial charge in [0.05, 0.1) is 5.56 Å². The topological polar surface area (TPSA) is 17.1 Å². The fourth-order valence-corrected chi connectivity index (χ4v) is 0.976. The Morgan fingerprint density at radius 3 is 2.54 bits per heavy atom. The van der Waals surface area contributed by atoms with E-state index in [4.69, 9.17) is 11.6 Å². The molecular weight excluding hydrogens is 205 g/mol. The van der Waals surface area contributed by atoms with E-state index in [1.54, 1.807) is 0 Å². The SMILES string of the molecule is O=C(c1cc(Cl)ccc1F)C(F)F. The van der Waals surface area contributed by atoms with Crippen LogP contribution in [0.15, 0.2) is 18.2 Å². The third-order valence-corrected chi connectivity index (χ3v) is 1.63. The van der Waals surface area contributed by atoms with Gasteiger partial charge >= 0.3 is 6.43 Å². The molecule has 0 bridgehead atoms. The first-order valence-corrected chi connectivity index (χ1v) is 3.67. The first-order chi connectivity index (χ1) is 6.02. The van der Waals surface area contributed by atoms with Gasteiger partial charge in [-0.25, -0.2) is 13.2 Å². The van der Waals surface area contributed by atoms with Crippen LogP contribution in [-0.2, 0) is 0 Å². The fraction of sp³-hybridized carbons (Fsp3) is 0.125. The van der Waals surface area contributed by atoms with Gasteiger partial charge in [0.15, 0.2) is 0 Å². The van der Waals surface area contributed by atoms with E-state index in [1.165, 1.54) is 6.07 Å². The average molecular weight is 209 g/mol. The van der Waals surface area contributed by atoms with Gasteiger partial charge in [0.2, 0.25) is 5.78 Å². The largest absolute Gasteiger partial charge is 0.300 e. The number of benzene rings is 1. The molecule has 1 rings (SSSR count). The Kier molecular flexibility index (Phi) is 2.93. The second-order valence-corrected chi connectivity index (χ2v) is 2.73. The van der Waals surface area contributed by atoms with E-state index in [9.17, 15) is 18.0 Å². The van der Waals surface area contributed by atoms with Gasteiger partial charge in [0.1, 0.15) is 5.82 Å².